The van der Waals surface area contributed by atoms with Crippen LogP contribution in [0.25, 0.3) is 0 Å². The Kier molecular flexibility index (Phi) is 9.36. The second-order valence-electron chi connectivity index (χ2n) is 8.70. The molecule has 0 spiro atoms. The number of fused-ring (bicyclic) bond motifs is 1. The zero-order valence-corrected chi connectivity index (χ0v) is 21.1. The van der Waals surface area contributed by atoms with Crippen LogP contribution in [-0.2, 0) is 17.7 Å². The van der Waals surface area contributed by atoms with Gasteiger partial charge < -0.3 is 19.9 Å². The molecule has 4 nitrogen and oxygen atoms in total. The summed E-state index contributed by atoms with van der Waals surface area (Å²) in [7, 11) is 0. The Labute approximate surface area is 199 Å². The SMILES string of the molecule is CCCN1CCCc2cc(CN(CCCOCC)C(=S)Nc3cccc(C)c3C)ccc21. The Morgan fingerprint density at radius 2 is 2.03 bits per heavy atom. The van der Waals surface area contributed by atoms with Crippen LogP contribution >= 0.6 is 12.2 Å². The lowest BCUT2D eigenvalue weighted by Gasteiger charge is -2.32. The van der Waals surface area contributed by atoms with Gasteiger partial charge in [-0.1, -0.05) is 31.2 Å². The minimum atomic E-state index is 0.754. The molecule has 2 aromatic rings. The number of anilines is 2. The molecule has 3 rings (SSSR count). The first-order valence-electron chi connectivity index (χ1n) is 12.1. The predicted octanol–water partition coefficient (Wildman–Crippen LogP) is 6.09. The lowest BCUT2D eigenvalue weighted by atomic mass is 9.99. The second-order valence-corrected chi connectivity index (χ2v) is 9.09. The van der Waals surface area contributed by atoms with Gasteiger partial charge in [-0.25, -0.2) is 0 Å². The summed E-state index contributed by atoms with van der Waals surface area (Å²) in [4.78, 5) is 4.82. The van der Waals surface area contributed by atoms with Gasteiger partial charge in [-0.3, -0.25) is 0 Å². The van der Waals surface area contributed by atoms with Gasteiger partial charge in [0, 0.05) is 50.8 Å². The molecule has 5 heteroatoms. The number of rotatable bonds is 10. The molecule has 1 heterocycles. The van der Waals surface area contributed by atoms with E-state index in [4.69, 9.17) is 17.0 Å². The maximum Gasteiger partial charge on any atom is 0.173 e. The van der Waals surface area contributed by atoms with E-state index in [0.29, 0.717) is 0 Å². The van der Waals surface area contributed by atoms with Crippen molar-refractivity contribution in [3.05, 3.63) is 58.7 Å². The van der Waals surface area contributed by atoms with Crippen LogP contribution in [-0.4, -0.2) is 42.9 Å². The number of hydrogen-bond acceptors (Lipinski definition) is 3. The molecule has 32 heavy (non-hydrogen) atoms. The van der Waals surface area contributed by atoms with Crippen molar-refractivity contribution < 1.29 is 4.74 Å². The van der Waals surface area contributed by atoms with Gasteiger partial charge >= 0.3 is 0 Å². The molecule has 0 fully saturated rings. The molecule has 0 aromatic heterocycles. The number of aryl methyl sites for hydroxylation is 2. The van der Waals surface area contributed by atoms with Crippen LogP contribution in [0.4, 0.5) is 11.4 Å². The minimum Gasteiger partial charge on any atom is -0.382 e. The van der Waals surface area contributed by atoms with Crippen molar-refractivity contribution in [1.29, 1.82) is 0 Å². The number of thiocarbonyl (C=S) groups is 1. The summed E-state index contributed by atoms with van der Waals surface area (Å²) < 4.78 is 5.58. The molecule has 0 aliphatic carbocycles. The number of nitrogens with zero attached hydrogens (tertiary/aromatic N) is 2. The summed E-state index contributed by atoms with van der Waals surface area (Å²) in [5, 5.41) is 4.28. The van der Waals surface area contributed by atoms with Gasteiger partial charge in [0.05, 0.1) is 0 Å². The molecular weight excluding hydrogens is 414 g/mol. The lowest BCUT2D eigenvalue weighted by Crippen LogP contribution is -2.36. The summed E-state index contributed by atoms with van der Waals surface area (Å²) in [5.41, 5.74) is 7.82. The van der Waals surface area contributed by atoms with E-state index >= 15 is 0 Å². The largest absolute Gasteiger partial charge is 0.382 e. The van der Waals surface area contributed by atoms with Gasteiger partial charge in [-0.15, -0.1) is 0 Å². The smallest absolute Gasteiger partial charge is 0.173 e. The molecule has 174 valence electrons. The summed E-state index contributed by atoms with van der Waals surface area (Å²) in [6, 6.07) is 13.3. The standard InChI is InChI=1S/C27H39N3OS/c1-5-15-29-16-8-11-24-19-23(13-14-26(24)29)20-30(17-9-18-31-6-2)27(32)28-25-12-7-10-21(3)22(25)4/h7,10,12-14,19H,5-6,8-9,11,15-18,20H2,1-4H3,(H,28,32). The van der Waals surface area contributed by atoms with E-state index in [9.17, 15) is 0 Å². The zero-order chi connectivity index (χ0) is 22.9. The first-order valence-corrected chi connectivity index (χ1v) is 12.5. The highest BCUT2D eigenvalue weighted by Gasteiger charge is 2.18. The molecule has 0 radical (unpaired) electrons. The fraction of sp³-hybridized carbons (Fsp3) is 0.519. The van der Waals surface area contributed by atoms with Crippen LogP contribution in [0.5, 0.6) is 0 Å². The first-order chi connectivity index (χ1) is 15.5. The number of ether oxygens (including phenoxy) is 1. The van der Waals surface area contributed by atoms with E-state index in [1.54, 1.807) is 0 Å². The average molecular weight is 454 g/mol. The quantitative estimate of drug-likeness (QED) is 0.347. The topological polar surface area (TPSA) is 27.7 Å². The monoisotopic (exact) mass is 453 g/mol. The summed E-state index contributed by atoms with van der Waals surface area (Å²) in [5.74, 6) is 0. The molecular formula is C27H39N3OS. The van der Waals surface area contributed by atoms with Crippen molar-refractivity contribution >= 4 is 28.7 Å². The fourth-order valence-corrected chi connectivity index (χ4v) is 4.65. The second kappa shape index (κ2) is 12.2. The van der Waals surface area contributed by atoms with Gasteiger partial charge in [0.1, 0.15) is 0 Å². The minimum absolute atomic E-state index is 0.754. The Morgan fingerprint density at radius 3 is 2.81 bits per heavy atom. The molecule has 0 unspecified atom stereocenters. The van der Waals surface area contributed by atoms with Crippen LogP contribution in [0.1, 0.15) is 55.4 Å². The Bertz CT molecular complexity index is 898. The molecule has 1 aliphatic heterocycles. The summed E-state index contributed by atoms with van der Waals surface area (Å²) >= 11 is 5.88. The third kappa shape index (κ3) is 6.46. The molecule has 1 N–H and O–H groups in total. The van der Waals surface area contributed by atoms with Gasteiger partial charge in [-0.2, -0.15) is 0 Å². The molecule has 0 saturated heterocycles. The fourth-order valence-electron chi connectivity index (χ4n) is 4.38. The van der Waals surface area contributed by atoms with E-state index in [0.717, 1.165) is 50.1 Å². The van der Waals surface area contributed by atoms with E-state index in [1.165, 1.54) is 53.7 Å². The van der Waals surface area contributed by atoms with E-state index < -0.39 is 0 Å². The summed E-state index contributed by atoms with van der Waals surface area (Å²) in [6.45, 7) is 14.1. The lowest BCUT2D eigenvalue weighted by molar-refractivity contribution is 0.139. The molecule has 2 aromatic carbocycles. The maximum atomic E-state index is 5.88. The van der Waals surface area contributed by atoms with Gasteiger partial charge in [0.25, 0.3) is 0 Å². The first kappa shape index (κ1) is 24.5. The Morgan fingerprint density at radius 1 is 1.19 bits per heavy atom. The van der Waals surface area contributed by atoms with Crippen molar-refractivity contribution in [2.75, 3.05) is 43.1 Å². The van der Waals surface area contributed by atoms with E-state index in [-0.39, 0.29) is 0 Å². The van der Waals surface area contributed by atoms with Gasteiger partial charge in [0.15, 0.2) is 5.11 Å². The molecule has 0 saturated carbocycles. The van der Waals surface area contributed by atoms with Crippen LogP contribution in [0, 0.1) is 13.8 Å². The number of hydrogen-bond donors (Lipinski definition) is 1. The van der Waals surface area contributed by atoms with Crippen LogP contribution in [0.3, 0.4) is 0 Å². The summed E-state index contributed by atoms with van der Waals surface area (Å²) in [6.07, 6.45) is 4.55. The third-order valence-electron chi connectivity index (χ3n) is 6.28. The Balaban J connectivity index is 1.75. The third-order valence-corrected chi connectivity index (χ3v) is 6.64. The number of nitrogens with one attached hydrogen (secondary N) is 1. The van der Waals surface area contributed by atoms with Crippen molar-refractivity contribution in [2.45, 2.75) is 59.9 Å². The van der Waals surface area contributed by atoms with Crippen LogP contribution < -0.4 is 10.2 Å². The highest BCUT2D eigenvalue weighted by Crippen LogP contribution is 2.29. The number of benzene rings is 2. The van der Waals surface area contributed by atoms with Crippen molar-refractivity contribution in [1.82, 2.24) is 4.90 Å². The Hall–Kier alpha value is -2.11. The molecule has 1 aliphatic rings. The molecule has 0 atom stereocenters. The van der Waals surface area contributed by atoms with E-state index in [2.05, 4.69) is 72.3 Å². The van der Waals surface area contributed by atoms with Crippen molar-refractivity contribution in [2.24, 2.45) is 0 Å². The van der Waals surface area contributed by atoms with Crippen molar-refractivity contribution in [3.8, 4) is 0 Å². The predicted molar refractivity (Wildman–Crippen MR) is 141 cm³/mol. The zero-order valence-electron chi connectivity index (χ0n) is 20.2. The highest BCUT2D eigenvalue weighted by atomic mass is 32.1. The molecule has 0 amide bonds. The van der Waals surface area contributed by atoms with Crippen LogP contribution in [0.15, 0.2) is 36.4 Å². The van der Waals surface area contributed by atoms with Gasteiger partial charge in [0.2, 0.25) is 0 Å². The molecule has 0 bridgehead atoms. The highest BCUT2D eigenvalue weighted by molar-refractivity contribution is 7.80. The average Bonchev–Trinajstić information content (AvgIpc) is 2.79. The normalized spacial score (nSPS) is 13.1. The van der Waals surface area contributed by atoms with E-state index in [1.807, 2.05) is 6.92 Å². The van der Waals surface area contributed by atoms with Crippen molar-refractivity contribution in [3.63, 3.8) is 0 Å². The maximum absolute atomic E-state index is 5.88. The van der Waals surface area contributed by atoms with Crippen LogP contribution in [0.2, 0.25) is 0 Å². The van der Waals surface area contributed by atoms with Gasteiger partial charge in [-0.05, 0) is 93.1 Å².